The van der Waals surface area contributed by atoms with Crippen molar-refractivity contribution in [3.05, 3.63) is 55.4 Å². The van der Waals surface area contributed by atoms with Crippen LogP contribution in [-0.4, -0.2) is 11.9 Å². The van der Waals surface area contributed by atoms with E-state index in [2.05, 4.69) is 20.8 Å². The molecule has 0 saturated carbocycles. The molecule has 5 heteroatoms. The Morgan fingerprint density at radius 3 is 2.67 bits per heavy atom. The maximum absolute atomic E-state index is 13.2. The second kappa shape index (κ2) is 6.15. The Labute approximate surface area is 123 Å². The lowest BCUT2D eigenvalue weighted by molar-refractivity contribution is 0.321. The molecule has 0 spiro atoms. The third-order valence-electron chi connectivity index (χ3n) is 2.43. The summed E-state index contributed by atoms with van der Waals surface area (Å²) in [5.74, 6) is -0.216. The van der Waals surface area contributed by atoms with Gasteiger partial charge in [-0.05, 0) is 42.9 Å². The van der Waals surface area contributed by atoms with Gasteiger partial charge < -0.3 is 0 Å². The number of halogens is 3. The van der Waals surface area contributed by atoms with Crippen LogP contribution in [0.5, 0.6) is 0 Å². The molecule has 0 bridgehead atoms. The predicted molar refractivity (Wildman–Crippen MR) is 78.6 cm³/mol. The first-order valence-electron chi connectivity index (χ1n) is 5.40. The zero-order valence-corrected chi connectivity index (χ0v) is 12.9. The van der Waals surface area contributed by atoms with Crippen molar-refractivity contribution in [2.45, 2.75) is 13.1 Å². The largest absolute Gasteiger partial charge is 0.297 e. The quantitative estimate of drug-likeness (QED) is 0.757. The van der Waals surface area contributed by atoms with Crippen LogP contribution >= 0.6 is 38.9 Å². The molecule has 0 radical (unpaired) electrons. The van der Waals surface area contributed by atoms with E-state index in [1.54, 1.807) is 17.4 Å². The highest BCUT2D eigenvalue weighted by atomic mass is 79.9. The van der Waals surface area contributed by atoms with Crippen molar-refractivity contribution in [3.63, 3.8) is 0 Å². The number of benzene rings is 1. The normalized spacial score (nSPS) is 11.2. The van der Waals surface area contributed by atoms with Crippen LogP contribution in [0.3, 0.4) is 0 Å². The molecule has 2 aromatic rings. The van der Waals surface area contributed by atoms with Gasteiger partial charge in [0.05, 0.1) is 4.34 Å². The summed E-state index contributed by atoms with van der Waals surface area (Å²) >= 11 is 10.8. The van der Waals surface area contributed by atoms with Crippen LogP contribution in [0.2, 0.25) is 4.34 Å². The van der Waals surface area contributed by atoms with E-state index in [1.807, 2.05) is 25.2 Å². The van der Waals surface area contributed by atoms with Crippen LogP contribution in [0, 0.1) is 5.82 Å². The Bertz CT molecular complexity index is 523. The van der Waals surface area contributed by atoms with Crippen LogP contribution in [-0.2, 0) is 13.1 Å². The molecule has 0 amide bonds. The molecule has 0 saturated heterocycles. The van der Waals surface area contributed by atoms with E-state index in [1.165, 1.54) is 10.9 Å². The lowest BCUT2D eigenvalue weighted by Crippen LogP contribution is -2.16. The van der Waals surface area contributed by atoms with Crippen molar-refractivity contribution >= 4 is 38.9 Å². The van der Waals surface area contributed by atoms with Crippen molar-refractivity contribution in [1.82, 2.24) is 4.90 Å². The molecule has 0 fully saturated rings. The lowest BCUT2D eigenvalue weighted by Gasteiger charge is -2.15. The van der Waals surface area contributed by atoms with Gasteiger partial charge in [-0.2, -0.15) is 0 Å². The Hall–Kier alpha value is -0.420. The molecule has 2 rings (SSSR count). The van der Waals surface area contributed by atoms with Gasteiger partial charge in [-0.1, -0.05) is 27.5 Å². The Kier molecular flexibility index (Phi) is 4.78. The molecule has 96 valence electrons. The van der Waals surface area contributed by atoms with Crippen molar-refractivity contribution < 1.29 is 4.39 Å². The summed E-state index contributed by atoms with van der Waals surface area (Å²) in [6.07, 6.45) is 0. The van der Waals surface area contributed by atoms with E-state index >= 15 is 0 Å². The predicted octanol–water partition coefficient (Wildman–Crippen LogP) is 4.94. The van der Waals surface area contributed by atoms with E-state index in [-0.39, 0.29) is 5.82 Å². The fourth-order valence-corrected chi connectivity index (χ4v) is 3.45. The zero-order chi connectivity index (χ0) is 13.1. The minimum absolute atomic E-state index is 0.216. The molecular weight excluding hydrogens is 337 g/mol. The summed E-state index contributed by atoms with van der Waals surface area (Å²) in [6.45, 7) is 1.51. The van der Waals surface area contributed by atoms with E-state index in [9.17, 15) is 4.39 Å². The molecule has 0 aliphatic carbocycles. The Morgan fingerprint density at radius 2 is 2.06 bits per heavy atom. The van der Waals surface area contributed by atoms with Gasteiger partial charge in [0, 0.05) is 22.4 Å². The smallest absolute Gasteiger partial charge is 0.124 e. The van der Waals surface area contributed by atoms with Crippen molar-refractivity contribution in [1.29, 1.82) is 0 Å². The lowest BCUT2D eigenvalue weighted by atomic mass is 10.2. The zero-order valence-electron chi connectivity index (χ0n) is 9.79. The summed E-state index contributed by atoms with van der Waals surface area (Å²) in [5.41, 5.74) is 0.951. The fourth-order valence-electron chi connectivity index (χ4n) is 1.77. The van der Waals surface area contributed by atoms with E-state index < -0.39 is 0 Å². The topological polar surface area (TPSA) is 3.24 Å². The average Bonchev–Trinajstić information content (AvgIpc) is 2.61. The van der Waals surface area contributed by atoms with E-state index in [0.717, 1.165) is 20.9 Å². The van der Waals surface area contributed by atoms with Crippen molar-refractivity contribution in [2.75, 3.05) is 7.05 Å². The number of nitrogens with zero attached hydrogens (tertiary/aromatic N) is 1. The van der Waals surface area contributed by atoms with Crippen LogP contribution in [0.1, 0.15) is 10.4 Å². The molecule has 0 atom stereocenters. The highest BCUT2D eigenvalue weighted by Gasteiger charge is 2.06. The molecule has 1 nitrogen and oxygen atoms in total. The van der Waals surface area contributed by atoms with Gasteiger partial charge in [-0.15, -0.1) is 11.3 Å². The fraction of sp³-hybridized carbons (Fsp3) is 0.231. The highest BCUT2D eigenvalue weighted by Crippen LogP contribution is 2.23. The molecule has 1 aromatic heterocycles. The average molecular weight is 349 g/mol. The third kappa shape index (κ3) is 4.05. The minimum atomic E-state index is -0.216. The van der Waals surface area contributed by atoms with Gasteiger partial charge in [-0.3, -0.25) is 4.90 Å². The number of hydrogen-bond donors (Lipinski definition) is 0. The third-order valence-corrected chi connectivity index (χ3v) is 4.10. The van der Waals surface area contributed by atoms with Crippen LogP contribution < -0.4 is 0 Å². The SMILES string of the molecule is CN(Cc1cc(F)cc(Br)c1)Cc1ccc(Cl)s1. The summed E-state index contributed by atoms with van der Waals surface area (Å²) in [5, 5.41) is 0. The first-order chi connectivity index (χ1) is 8.52. The number of thiophene rings is 1. The van der Waals surface area contributed by atoms with Gasteiger partial charge in [0.1, 0.15) is 5.82 Å². The molecule has 0 aliphatic rings. The Balaban J connectivity index is 2.00. The first-order valence-corrected chi connectivity index (χ1v) is 7.39. The maximum atomic E-state index is 13.2. The number of rotatable bonds is 4. The Morgan fingerprint density at radius 1 is 1.28 bits per heavy atom. The maximum Gasteiger partial charge on any atom is 0.124 e. The molecule has 0 N–H and O–H groups in total. The van der Waals surface area contributed by atoms with Crippen molar-refractivity contribution in [3.8, 4) is 0 Å². The second-order valence-electron chi connectivity index (χ2n) is 4.16. The molecule has 18 heavy (non-hydrogen) atoms. The summed E-state index contributed by atoms with van der Waals surface area (Å²) in [6, 6.07) is 8.87. The van der Waals surface area contributed by atoms with E-state index in [4.69, 9.17) is 11.6 Å². The van der Waals surface area contributed by atoms with Crippen molar-refractivity contribution in [2.24, 2.45) is 0 Å². The summed E-state index contributed by atoms with van der Waals surface area (Å²) in [4.78, 5) is 3.33. The second-order valence-corrected chi connectivity index (χ2v) is 6.87. The van der Waals surface area contributed by atoms with Gasteiger partial charge in [0.2, 0.25) is 0 Å². The monoisotopic (exact) mass is 347 g/mol. The van der Waals surface area contributed by atoms with Crippen LogP contribution in [0.25, 0.3) is 0 Å². The van der Waals surface area contributed by atoms with Gasteiger partial charge >= 0.3 is 0 Å². The molecule has 1 aromatic carbocycles. The standard InChI is InChI=1S/C13H12BrClFNS/c1-17(8-12-2-3-13(15)18-12)7-9-4-10(14)6-11(16)5-9/h2-6H,7-8H2,1H3. The molecular formula is C13H12BrClFNS. The van der Waals surface area contributed by atoms with Gasteiger partial charge in [0.25, 0.3) is 0 Å². The molecule has 0 unspecified atom stereocenters. The summed E-state index contributed by atoms with van der Waals surface area (Å²) < 4.78 is 14.8. The van der Waals surface area contributed by atoms with Crippen LogP contribution in [0.15, 0.2) is 34.8 Å². The molecule has 0 aliphatic heterocycles. The van der Waals surface area contributed by atoms with Crippen LogP contribution in [0.4, 0.5) is 4.39 Å². The van der Waals surface area contributed by atoms with Gasteiger partial charge in [-0.25, -0.2) is 4.39 Å². The van der Waals surface area contributed by atoms with Gasteiger partial charge in [0.15, 0.2) is 0 Å². The van der Waals surface area contributed by atoms with E-state index in [0.29, 0.717) is 6.54 Å². The summed E-state index contributed by atoms with van der Waals surface area (Å²) in [7, 11) is 2.01. The molecule has 1 heterocycles. The first kappa shape index (κ1) is 14.0. The highest BCUT2D eigenvalue weighted by molar-refractivity contribution is 9.10. The number of hydrogen-bond acceptors (Lipinski definition) is 2. The minimum Gasteiger partial charge on any atom is -0.297 e.